The number of hydrogen-bond donors (Lipinski definition) is 0. The first-order valence-electron chi connectivity index (χ1n) is 6.19. The third-order valence-electron chi connectivity index (χ3n) is 5.12. The fraction of sp³-hybridized carbons (Fsp3) is 0.692. The van der Waals surface area contributed by atoms with Crippen LogP contribution in [0, 0.1) is 35.5 Å². The van der Waals surface area contributed by atoms with E-state index in [1.165, 1.54) is 6.42 Å². The maximum Gasteiger partial charge on any atom is 0.317 e. The van der Waals surface area contributed by atoms with Crippen LogP contribution in [0.25, 0.3) is 0 Å². The summed E-state index contributed by atoms with van der Waals surface area (Å²) in [5.41, 5.74) is 0. The van der Waals surface area contributed by atoms with Crippen molar-refractivity contribution in [1.82, 2.24) is 0 Å². The molecule has 1 aliphatic heterocycles. The Morgan fingerprint density at radius 2 is 1.88 bits per heavy atom. The van der Waals surface area contributed by atoms with Crippen LogP contribution >= 0.6 is 0 Å². The lowest BCUT2D eigenvalue weighted by Crippen LogP contribution is -2.38. The quantitative estimate of drug-likeness (QED) is 0.352. The van der Waals surface area contributed by atoms with Crippen LogP contribution in [-0.2, 0) is 14.3 Å². The van der Waals surface area contributed by atoms with Gasteiger partial charge in [0.05, 0.1) is 11.8 Å². The van der Waals surface area contributed by atoms with Gasteiger partial charge in [-0.2, -0.15) is 0 Å². The minimum atomic E-state index is -0.264. The van der Waals surface area contributed by atoms with Crippen molar-refractivity contribution in [2.75, 3.05) is 0 Å². The van der Waals surface area contributed by atoms with Crippen LogP contribution in [0.15, 0.2) is 12.2 Å². The molecule has 84 valence electrons. The summed E-state index contributed by atoms with van der Waals surface area (Å²) in [5, 5.41) is 0. The second-order valence-corrected chi connectivity index (χ2v) is 5.64. The molecule has 2 saturated carbocycles. The zero-order valence-electron chi connectivity index (χ0n) is 8.96. The van der Waals surface area contributed by atoms with Crippen molar-refractivity contribution in [2.24, 2.45) is 35.5 Å². The van der Waals surface area contributed by atoms with E-state index in [0.717, 1.165) is 12.8 Å². The Labute approximate surface area is 93.8 Å². The molecule has 6 unspecified atom stereocenters. The number of allylic oxidation sites excluding steroid dienone is 2. The summed E-state index contributed by atoms with van der Waals surface area (Å²) >= 11 is 0. The molecule has 1 heterocycles. The van der Waals surface area contributed by atoms with Gasteiger partial charge in [-0.05, 0) is 42.9 Å². The normalized spacial score (nSPS) is 52.8. The van der Waals surface area contributed by atoms with E-state index in [1.54, 1.807) is 0 Å². The van der Waals surface area contributed by atoms with Gasteiger partial charge in [0.15, 0.2) is 0 Å². The molecule has 1 saturated heterocycles. The minimum absolute atomic E-state index is 0.119. The van der Waals surface area contributed by atoms with Gasteiger partial charge in [-0.15, -0.1) is 0 Å². The summed E-state index contributed by atoms with van der Waals surface area (Å²) in [6.07, 6.45) is 7.71. The van der Waals surface area contributed by atoms with Crippen LogP contribution in [0.3, 0.4) is 0 Å². The van der Waals surface area contributed by atoms with E-state index in [2.05, 4.69) is 12.2 Å². The van der Waals surface area contributed by atoms with Crippen LogP contribution in [0.4, 0.5) is 0 Å². The van der Waals surface area contributed by atoms with Crippen LogP contribution in [0.1, 0.15) is 19.3 Å². The molecule has 0 N–H and O–H groups in total. The summed E-state index contributed by atoms with van der Waals surface area (Å²) in [4.78, 5) is 23.3. The van der Waals surface area contributed by atoms with Gasteiger partial charge in [-0.3, -0.25) is 9.59 Å². The van der Waals surface area contributed by atoms with Crippen molar-refractivity contribution in [3.05, 3.63) is 12.2 Å². The van der Waals surface area contributed by atoms with Gasteiger partial charge in [-0.25, -0.2) is 0 Å². The fourth-order valence-corrected chi connectivity index (χ4v) is 4.55. The third-order valence-corrected chi connectivity index (χ3v) is 5.12. The SMILES string of the molecule is O=C1OC(=O)C2C1CCC1C3C=CC(C3)C12. The van der Waals surface area contributed by atoms with E-state index in [1.807, 2.05) is 0 Å². The average Bonchev–Trinajstić information content (AvgIpc) is 2.93. The van der Waals surface area contributed by atoms with Crippen LogP contribution in [0.2, 0.25) is 0 Å². The highest BCUT2D eigenvalue weighted by Gasteiger charge is 2.59. The van der Waals surface area contributed by atoms with Gasteiger partial charge in [0.2, 0.25) is 0 Å². The Kier molecular flexibility index (Phi) is 1.55. The van der Waals surface area contributed by atoms with Crippen molar-refractivity contribution in [3.8, 4) is 0 Å². The standard InChI is InChI=1S/C13H14O3/c14-12-9-4-3-8-6-1-2-7(5-6)10(8)11(9)13(15)16-12/h1-2,6-11H,3-5H2. The number of carbonyl (C=O) groups is 2. The monoisotopic (exact) mass is 218 g/mol. The largest absolute Gasteiger partial charge is 0.393 e. The van der Waals surface area contributed by atoms with Crippen molar-refractivity contribution in [2.45, 2.75) is 19.3 Å². The number of esters is 2. The molecule has 3 nitrogen and oxygen atoms in total. The molecule has 0 aromatic rings. The lowest BCUT2D eigenvalue weighted by atomic mass is 9.64. The maximum absolute atomic E-state index is 11.8. The molecule has 0 radical (unpaired) electrons. The zero-order valence-corrected chi connectivity index (χ0v) is 8.96. The topological polar surface area (TPSA) is 43.4 Å². The summed E-state index contributed by atoms with van der Waals surface area (Å²) in [6.45, 7) is 0. The van der Waals surface area contributed by atoms with Gasteiger partial charge in [-0.1, -0.05) is 12.2 Å². The molecule has 0 aromatic carbocycles. The molecule has 3 aliphatic carbocycles. The molecule has 16 heavy (non-hydrogen) atoms. The summed E-state index contributed by atoms with van der Waals surface area (Å²) in [6, 6.07) is 0. The Balaban J connectivity index is 1.76. The van der Waals surface area contributed by atoms with Crippen molar-refractivity contribution in [3.63, 3.8) is 0 Å². The van der Waals surface area contributed by atoms with E-state index in [0.29, 0.717) is 23.7 Å². The van der Waals surface area contributed by atoms with Crippen molar-refractivity contribution < 1.29 is 14.3 Å². The zero-order chi connectivity index (χ0) is 10.9. The van der Waals surface area contributed by atoms with Gasteiger partial charge in [0.25, 0.3) is 0 Å². The predicted molar refractivity (Wildman–Crippen MR) is 55.0 cm³/mol. The number of rotatable bonds is 0. The number of hydrogen-bond acceptors (Lipinski definition) is 3. The molecule has 4 rings (SSSR count). The second-order valence-electron chi connectivity index (χ2n) is 5.64. The molecule has 6 atom stereocenters. The van der Waals surface area contributed by atoms with Crippen LogP contribution < -0.4 is 0 Å². The van der Waals surface area contributed by atoms with Crippen LogP contribution in [-0.4, -0.2) is 11.9 Å². The predicted octanol–water partition coefficient (Wildman–Crippen LogP) is 1.53. The maximum atomic E-state index is 11.8. The Hall–Kier alpha value is -1.12. The Morgan fingerprint density at radius 3 is 2.75 bits per heavy atom. The Bertz CT molecular complexity index is 411. The molecule has 2 bridgehead atoms. The number of ether oxygens (including phenoxy) is 1. The highest BCUT2D eigenvalue weighted by atomic mass is 16.6. The van der Waals surface area contributed by atoms with Crippen LogP contribution in [0.5, 0.6) is 0 Å². The number of carbonyl (C=O) groups excluding carboxylic acids is 2. The summed E-state index contributed by atoms with van der Waals surface area (Å²) in [7, 11) is 0. The second kappa shape index (κ2) is 2.76. The molecule has 3 fully saturated rings. The molecule has 4 aliphatic rings. The molecule has 0 aromatic heterocycles. The molecular formula is C13H14O3. The smallest absolute Gasteiger partial charge is 0.317 e. The first-order valence-corrected chi connectivity index (χ1v) is 6.19. The van der Waals surface area contributed by atoms with Gasteiger partial charge < -0.3 is 4.74 Å². The molecule has 0 amide bonds. The van der Waals surface area contributed by atoms with E-state index < -0.39 is 0 Å². The van der Waals surface area contributed by atoms with Crippen molar-refractivity contribution in [1.29, 1.82) is 0 Å². The molecule has 0 spiro atoms. The van der Waals surface area contributed by atoms with E-state index in [4.69, 9.17) is 4.74 Å². The van der Waals surface area contributed by atoms with E-state index >= 15 is 0 Å². The Morgan fingerprint density at radius 1 is 1.06 bits per heavy atom. The highest BCUT2D eigenvalue weighted by molar-refractivity contribution is 5.96. The van der Waals surface area contributed by atoms with E-state index in [-0.39, 0.29) is 23.8 Å². The fourth-order valence-electron chi connectivity index (χ4n) is 4.55. The molecule has 3 heteroatoms. The van der Waals surface area contributed by atoms with E-state index in [9.17, 15) is 9.59 Å². The summed E-state index contributed by atoms with van der Waals surface area (Å²) < 4.78 is 4.82. The minimum Gasteiger partial charge on any atom is -0.393 e. The van der Waals surface area contributed by atoms with Crippen molar-refractivity contribution >= 4 is 11.9 Å². The highest BCUT2D eigenvalue weighted by Crippen LogP contribution is 2.58. The van der Waals surface area contributed by atoms with Gasteiger partial charge in [0.1, 0.15) is 0 Å². The third kappa shape index (κ3) is 0.902. The first kappa shape index (κ1) is 8.97. The average molecular weight is 218 g/mol. The number of fused-ring (bicyclic) bond motifs is 7. The lowest BCUT2D eigenvalue weighted by Gasteiger charge is -2.37. The lowest BCUT2D eigenvalue weighted by molar-refractivity contribution is -0.154. The first-order chi connectivity index (χ1) is 7.75. The number of cyclic esters (lactones) is 2. The summed E-state index contributed by atoms with van der Waals surface area (Å²) in [5.74, 6) is 1.47. The van der Waals surface area contributed by atoms with Gasteiger partial charge >= 0.3 is 11.9 Å². The van der Waals surface area contributed by atoms with Gasteiger partial charge in [0, 0.05) is 0 Å². The molecular weight excluding hydrogens is 204 g/mol.